The average molecular weight is 408 g/mol. The van der Waals surface area contributed by atoms with Gasteiger partial charge in [-0.25, -0.2) is 0 Å². The Kier molecular flexibility index (Phi) is 6.21. The van der Waals surface area contributed by atoms with Crippen LogP contribution in [0.15, 0.2) is 48.5 Å². The number of hydrogen-bond donors (Lipinski definition) is 1. The second-order valence-electron chi connectivity index (χ2n) is 8.10. The first-order valence-electron chi connectivity index (χ1n) is 10.7. The molecular formula is C24H29N3O3. The maximum Gasteiger partial charge on any atom is 0.265 e. The van der Waals surface area contributed by atoms with Gasteiger partial charge in [-0.2, -0.15) is 0 Å². The van der Waals surface area contributed by atoms with Crippen molar-refractivity contribution < 1.29 is 14.3 Å². The van der Waals surface area contributed by atoms with Gasteiger partial charge in [0, 0.05) is 19.6 Å². The quantitative estimate of drug-likeness (QED) is 0.828. The lowest BCUT2D eigenvalue weighted by molar-refractivity contribution is -0.139. The molecule has 1 saturated heterocycles. The maximum absolute atomic E-state index is 13.0. The molecule has 0 bridgehead atoms. The van der Waals surface area contributed by atoms with Crippen LogP contribution in [0.3, 0.4) is 0 Å². The zero-order valence-electron chi connectivity index (χ0n) is 17.5. The lowest BCUT2D eigenvalue weighted by Gasteiger charge is -2.38. The fourth-order valence-corrected chi connectivity index (χ4v) is 4.04. The summed E-state index contributed by atoms with van der Waals surface area (Å²) in [4.78, 5) is 29.5. The summed E-state index contributed by atoms with van der Waals surface area (Å²) in [5.41, 5.74) is 3.11. The minimum Gasteiger partial charge on any atom is -0.477 e. The lowest BCUT2D eigenvalue weighted by Crippen LogP contribution is -2.53. The van der Waals surface area contributed by atoms with Crippen LogP contribution in [0.2, 0.25) is 0 Å². The highest BCUT2D eigenvalue weighted by Crippen LogP contribution is 2.33. The van der Waals surface area contributed by atoms with Gasteiger partial charge in [-0.15, -0.1) is 0 Å². The van der Waals surface area contributed by atoms with Crippen molar-refractivity contribution in [2.24, 2.45) is 0 Å². The number of para-hydroxylation sites is 2. The number of carbonyl (C=O) groups is 2. The number of aryl methyl sites for hydroxylation is 1. The Morgan fingerprint density at radius 2 is 1.77 bits per heavy atom. The number of benzene rings is 2. The fraction of sp³-hybridized carbons (Fsp3) is 0.417. The number of nitrogens with one attached hydrogen (secondary N) is 1. The van der Waals surface area contributed by atoms with E-state index in [4.69, 9.17) is 4.74 Å². The van der Waals surface area contributed by atoms with Gasteiger partial charge in [0.05, 0.1) is 18.8 Å². The van der Waals surface area contributed by atoms with Gasteiger partial charge < -0.3 is 19.9 Å². The van der Waals surface area contributed by atoms with E-state index >= 15 is 0 Å². The minimum atomic E-state index is -0.581. The Bertz CT molecular complexity index is 891. The van der Waals surface area contributed by atoms with E-state index in [-0.39, 0.29) is 18.4 Å². The topological polar surface area (TPSA) is 61.9 Å². The molecule has 0 radical (unpaired) electrons. The number of carbonyl (C=O) groups excluding carboxylic acids is 2. The molecule has 1 atom stereocenters. The number of nitrogens with zero attached hydrogens (tertiary/aromatic N) is 2. The van der Waals surface area contributed by atoms with Crippen molar-refractivity contribution in [3.8, 4) is 5.75 Å². The first-order chi connectivity index (χ1) is 14.6. The molecule has 2 amide bonds. The summed E-state index contributed by atoms with van der Waals surface area (Å²) in [7, 11) is 0. The summed E-state index contributed by atoms with van der Waals surface area (Å²) in [6, 6.07) is 15.7. The number of likely N-dealkylation sites (tertiary alicyclic amines) is 1. The van der Waals surface area contributed by atoms with Crippen LogP contribution in [0.1, 0.15) is 30.4 Å². The van der Waals surface area contributed by atoms with Gasteiger partial charge in [0.2, 0.25) is 5.91 Å². The third kappa shape index (κ3) is 4.75. The zero-order chi connectivity index (χ0) is 20.9. The lowest BCUT2D eigenvalue weighted by atomic mass is 10.1. The largest absolute Gasteiger partial charge is 0.477 e. The van der Waals surface area contributed by atoms with E-state index in [1.807, 2.05) is 65.3 Å². The Labute approximate surface area is 177 Å². The molecule has 4 rings (SSSR count). The minimum absolute atomic E-state index is 0.0225. The van der Waals surface area contributed by atoms with E-state index < -0.39 is 6.10 Å². The van der Waals surface area contributed by atoms with Crippen molar-refractivity contribution in [2.75, 3.05) is 31.1 Å². The Morgan fingerprint density at radius 3 is 2.53 bits per heavy atom. The molecule has 2 heterocycles. The summed E-state index contributed by atoms with van der Waals surface area (Å²) >= 11 is 0. The Morgan fingerprint density at radius 1 is 1.03 bits per heavy atom. The van der Waals surface area contributed by atoms with Crippen molar-refractivity contribution >= 4 is 17.5 Å². The van der Waals surface area contributed by atoms with Gasteiger partial charge in [0.25, 0.3) is 5.91 Å². The number of hydrogen-bond acceptors (Lipinski definition) is 4. The van der Waals surface area contributed by atoms with Crippen molar-refractivity contribution in [3.05, 3.63) is 59.7 Å². The van der Waals surface area contributed by atoms with Crippen LogP contribution in [-0.2, 0) is 16.1 Å². The van der Waals surface area contributed by atoms with Gasteiger partial charge in [-0.3, -0.25) is 9.59 Å². The predicted molar refractivity (Wildman–Crippen MR) is 117 cm³/mol. The highest BCUT2D eigenvalue weighted by atomic mass is 16.5. The molecule has 2 aromatic carbocycles. The van der Waals surface area contributed by atoms with Gasteiger partial charge >= 0.3 is 0 Å². The van der Waals surface area contributed by atoms with Crippen LogP contribution in [0, 0.1) is 6.92 Å². The normalized spacial score (nSPS) is 18.4. The number of anilines is 1. The molecule has 30 heavy (non-hydrogen) atoms. The molecular weight excluding hydrogens is 378 g/mol. The first-order valence-corrected chi connectivity index (χ1v) is 10.7. The second kappa shape index (κ2) is 9.20. The van der Waals surface area contributed by atoms with E-state index in [0.29, 0.717) is 18.8 Å². The molecule has 6 heteroatoms. The molecule has 0 saturated carbocycles. The monoisotopic (exact) mass is 407 g/mol. The highest BCUT2D eigenvalue weighted by molar-refractivity contribution is 5.86. The number of fused-ring (bicyclic) bond motifs is 1. The molecule has 2 aromatic rings. The summed E-state index contributed by atoms with van der Waals surface area (Å²) in [5, 5.41) is 2.99. The Balaban J connectivity index is 1.42. The molecule has 2 aliphatic rings. The maximum atomic E-state index is 13.0. The molecule has 1 unspecified atom stereocenters. The molecule has 2 aliphatic heterocycles. The molecule has 1 N–H and O–H groups in total. The zero-order valence-corrected chi connectivity index (χ0v) is 17.5. The third-order valence-electron chi connectivity index (χ3n) is 5.75. The van der Waals surface area contributed by atoms with Crippen LogP contribution in [-0.4, -0.2) is 49.0 Å². The van der Waals surface area contributed by atoms with E-state index in [1.165, 1.54) is 12.0 Å². The van der Waals surface area contributed by atoms with E-state index in [2.05, 4.69) is 5.32 Å². The molecule has 0 spiro atoms. The van der Waals surface area contributed by atoms with Crippen LogP contribution < -0.4 is 15.0 Å². The van der Waals surface area contributed by atoms with Crippen molar-refractivity contribution in [1.82, 2.24) is 10.2 Å². The average Bonchev–Trinajstić information content (AvgIpc) is 2.78. The number of rotatable bonds is 5. The standard InChI is InChI=1S/C24H29N3O3/c1-18-9-11-19(12-10-18)15-25-23(28)17-27-16-22(24(29)26-13-5-2-6-14-26)30-21-8-4-3-7-20(21)27/h3-4,7-12,22H,2,5-6,13-17H2,1H3,(H,25,28). The Hall–Kier alpha value is -3.02. The van der Waals surface area contributed by atoms with Crippen molar-refractivity contribution in [2.45, 2.75) is 38.8 Å². The predicted octanol–water partition coefficient (Wildman–Crippen LogP) is 2.89. The van der Waals surface area contributed by atoms with Crippen LogP contribution >= 0.6 is 0 Å². The first kappa shape index (κ1) is 20.3. The van der Waals surface area contributed by atoms with Crippen LogP contribution in [0.25, 0.3) is 0 Å². The molecule has 0 aromatic heterocycles. The summed E-state index contributed by atoms with van der Waals surface area (Å²) in [6.45, 7) is 4.68. The van der Waals surface area contributed by atoms with E-state index in [0.717, 1.165) is 37.2 Å². The van der Waals surface area contributed by atoms with Crippen LogP contribution in [0.4, 0.5) is 5.69 Å². The summed E-state index contributed by atoms with van der Waals surface area (Å²) in [5.74, 6) is 0.608. The second-order valence-corrected chi connectivity index (χ2v) is 8.10. The smallest absolute Gasteiger partial charge is 0.265 e. The number of ether oxygens (including phenoxy) is 1. The third-order valence-corrected chi connectivity index (χ3v) is 5.75. The van der Waals surface area contributed by atoms with E-state index in [1.54, 1.807) is 0 Å². The van der Waals surface area contributed by atoms with Gasteiger partial charge in [-0.1, -0.05) is 42.0 Å². The highest BCUT2D eigenvalue weighted by Gasteiger charge is 2.34. The number of amides is 2. The van der Waals surface area contributed by atoms with Gasteiger partial charge in [-0.05, 0) is 43.9 Å². The number of piperidine rings is 1. The molecule has 6 nitrogen and oxygen atoms in total. The van der Waals surface area contributed by atoms with Gasteiger partial charge in [0.1, 0.15) is 5.75 Å². The van der Waals surface area contributed by atoms with Gasteiger partial charge in [0.15, 0.2) is 6.10 Å². The SMILES string of the molecule is Cc1ccc(CNC(=O)CN2CC(C(=O)N3CCCCC3)Oc3ccccc32)cc1. The molecule has 1 fully saturated rings. The van der Waals surface area contributed by atoms with Crippen LogP contribution in [0.5, 0.6) is 5.75 Å². The van der Waals surface area contributed by atoms with Crippen molar-refractivity contribution in [3.63, 3.8) is 0 Å². The van der Waals surface area contributed by atoms with Crippen molar-refractivity contribution in [1.29, 1.82) is 0 Å². The summed E-state index contributed by atoms with van der Waals surface area (Å²) < 4.78 is 6.03. The fourth-order valence-electron chi connectivity index (χ4n) is 4.04. The molecule has 158 valence electrons. The molecule has 0 aliphatic carbocycles. The van der Waals surface area contributed by atoms with E-state index in [9.17, 15) is 9.59 Å². The summed E-state index contributed by atoms with van der Waals surface area (Å²) in [6.07, 6.45) is 2.68.